The van der Waals surface area contributed by atoms with Gasteiger partial charge in [0.05, 0.1) is 0 Å². The standard InChI is InChI=1S/C50H100N2O5S/c1-7-11-14-17-22-29-38-47(37-10-4)56-49(53)41-32-25-20-27-34-44-52(46-36-43-51(5)58(6)55)45-35-28-21-26-33-42-50(54)57-48(39-30-23-18-15-12-8-2)40-31-24-19-16-13-9-3/h47-48H,7-46H2,1-6H3. The summed E-state index contributed by atoms with van der Waals surface area (Å²) >= 11 is -0.923. The van der Waals surface area contributed by atoms with Crippen LogP contribution in [0.2, 0.25) is 0 Å². The van der Waals surface area contributed by atoms with Crippen LogP contribution >= 0.6 is 0 Å². The van der Waals surface area contributed by atoms with Gasteiger partial charge < -0.3 is 18.9 Å². The summed E-state index contributed by atoms with van der Waals surface area (Å²) in [6.07, 6.45) is 43.4. The first kappa shape index (κ1) is 57.2. The third-order valence-electron chi connectivity index (χ3n) is 11.9. The Bertz CT molecular complexity index is 861. The van der Waals surface area contributed by atoms with Gasteiger partial charge in [0.15, 0.2) is 0 Å². The predicted molar refractivity (Wildman–Crippen MR) is 252 cm³/mol. The number of rotatable bonds is 46. The monoisotopic (exact) mass is 841 g/mol. The van der Waals surface area contributed by atoms with Crippen molar-refractivity contribution in [3.8, 4) is 0 Å². The lowest BCUT2D eigenvalue weighted by atomic mass is 10.0. The Morgan fingerprint density at radius 2 is 0.759 bits per heavy atom. The van der Waals surface area contributed by atoms with Gasteiger partial charge in [-0.05, 0) is 96.7 Å². The Balaban J connectivity index is 4.45. The van der Waals surface area contributed by atoms with Crippen LogP contribution in [0.5, 0.6) is 0 Å². The summed E-state index contributed by atoms with van der Waals surface area (Å²) in [5, 5.41) is 0. The molecule has 0 rings (SSSR count). The van der Waals surface area contributed by atoms with Crippen molar-refractivity contribution in [3.63, 3.8) is 0 Å². The second-order valence-electron chi connectivity index (χ2n) is 17.7. The molecule has 0 fully saturated rings. The van der Waals surface area contributed by atoms with Crippen LogP contribution in [0.25, 0.3) is 0 Å². The number of nitrogens with zero attached hydrogens (tertiary/aromatic N) is 2. The van der Waals surface area contributed by atoms with E-state index in [-0.39, 0.29) is 24.1 Å². The molecule has 2 atom stereocenters. The molecular formula is C50H100N2O5S. The molecule has 0 amide bonds. The maximum absolute atomic E-state index is 12.8. The molecule has 0 aliphatic rings. The summed E-state index contributed by atoms with van der Waals surface area (Å²) in [4.78, 5) is 28.0. The zero-order valence-corrected chi connectivity index (χ0v) is 40.6. The van der Waals surface area contributed by atoms with Crippen LogP contribution in [-0.4, -0.2) is 77.4 Å². The Labute approximate surface area is 365 Å². The highest BCUT2D eigenvalue weighted by atomic mass is 32.2. The number of esters is 2. The highest BCUT2D eigenvalue weighted by molar-refractivity contribution is 7.88. The summed E-state index contributed by atoms with van der Waals surface area (Å²) in [6, 6.07) is 0. The maximum Gasteiger partial charge on any atom is 0.306 e. The van der Waals surface area contributed by atoms with Crippen molar-refractivity contribution in [2.45, 2.75) is 271 Å². The molecule has 58 heavy (non-hydrogen) atoms. The molecule has 0 aromatic carbocycles. The normalized spacial score (nSPS) is 12.9. The van der Waals surface area contributed by atoms with Gasteiger partial charge in [0.25, 0.3) is 0 Å². The first-order valence-electron chi connectivity index (χ1n) is 25.4. The van der Waals surface area contributed by atoms with Gasteiger partial charge in [-0.15, -0.1) is 4.31 Å². The van der Waals surface area contributed by atoms with Gasteiger partial charge >= 0.3 is 11.9 Å². The van der Waals surface area contributed by atoms with Gasteiger partial charge in [0.2, 0.25) is 0 Å². The van der Waals surface area contributed by atoms with Crippen molar-refractivity contribution in [1.82, 2.24) is 9.21 Å². The average molecular weight is 841 g/mol. The van der Waals surface area contributed by atoms with Crippen LogP contribution in [0.1, 0.15) is 259 Å². The number of hydrogen-bond acceptors (Lipinski definition) is 7. The summed E-state index contributed by atoms with van der Waals surface area (Å²) < 4.78 is 25.7. The average Bonchev–Trinajstić information content (AvgIpc) is 3.20. The Morgan fingerprint density at radius 1 is 0.431 bits per heavy atom. The van der Waals surface area contributed by atoms with Gasteiger partial charge in [0.1, 0.15) is 18.5 Å². The Morgan fingerprint density at radius 3 is 1.14 bits per heavy atom. The van der Waals surface area contributed by atoms with Crippen LogP contribution < -0.4 is 0 Å². The molecule has 0 aliphatic carbocycles. The van der Waals surface area contributed by atoms with E-state index < -0.39 is 11.4 Å². The fourth-order valence-corrected chi connectivity index (χ4v) is 8.43. The summed E-state index contributed by atoms with van der Waals surface area (Å²) in [6.45, 7) is 13.1. The van der Waals surface area contributed by atoms with Crippen LogP contribution in [0, 0.1) is 0 Å². The third-order valence-corrected chi connectivity index (χ3v) is 13.0. The number of unbranched alkanes of at least 4 members (excludes halogenated alkanes) is 23. The number of ether oxygens (including phenoxy) is 2. The van der Waals surface area contributed by atoms with Crippen molar-refractivity contribution in [3.05, 3.63) is 0 Å². The van der Waals surface area contributed by atoms with E-state index in [2.05, 4.69) is 32.6 Å². The first-order valence-corrected chi connectivity index (χ1v) is 26.9. The number of hydrogen-bond donors (Lipinski definition) is 0. The summed E-state index contributed by atoms with van der Waals surface area (Å²) in [7, 11) is 1.94. The van der Waals surface area contributed by atoms with Crippen LogP contribution in [0.4, 0.5) is 0 Å². The van der Waals surface area contributed by atoms with E-state index in [1.54, 1.807) is 6.26 Å². The molecule has 0 aromatic heterocycles. The molecule has 2 unspecified atom stereocenters. The van der Waals surface area contributed by atoms with E-state index in [9.17, 15) is 14.1 Å². The topological polar surface area (TPSA) is 82.1 Å². The van der Waals surface area contributed by atoms with Gasteiger partial charge in [0, 0.05) is 37.8 Å². The smallest absolute Gasteiger partial charge is 0.306 e. The third kappa shape index (κ3) is 39.3. The van der Waals surface area contributed by atoms with Gasteiger partial charge in [-0.3, -0.25) is 9.59 Å². The van der Waals surface area contributed by atoms with Crippen molar-refractivity contribution in [1.29, 1.82) is 0 Å². The van der Waals surface area contributed by atoms with E-state index in [0.717, 1.165) is 103 Å². The molecule has 0 saturated carbocycles. The number of carbonyl (C=O) groups is 2. The molecule has 0 bridgehead atoms. The lowest BCUT2D eigenvalue weighted by molar-refractivity contribution is -0.151. The van der Waals surface area contributed by atoms with Crippen LogP contribution in [-0.2, 0) is 30.4 Å². The van der Waals surface area contributed by atoms with E-state index in [0.29, 0.717) is 12.8 Å². The SMILES string of the molecule is CCCCCCCCC(CCC)OC(=O)CCCCCCCN(CCCCCCCC(=O)OC(CCCCCCCC)CCCCCCCC)CCCN(C)[S+](C)[O-]. The second kappa shape index (κ2) is 44.2. The van der Waals surface area contributed by atoms with E-state index in [1.165, 1.54) is 141 Å². The lowest BCUT2D eigenvalue weighted by Crippen LogP contribution is -2.32. The summed E-state index contributed by atoms with van der Waals surface area (Å²) in [5.41, 5.74) is 0. The molecule has 0 radical (unpaired) electrons. The minimum atomic E-state index is -0.923. The molecule has 0 saturated heterocycles. The van der Waals surface area contributed by atoms with E-state index >= 15 is 0 Å². The minimum absolute atomic E-state index is 0.000219. The maximum atomic E-state index is 12.8. The molecule has 0 aromatic rings. The highest BCUT2D eigenvalue weighted by Crippen LogP contribution is 2.19. The zero-order chi connectivity index (χ0) is 42.7. The van der Waals surface area contributed by atoms with E-state index in [4.69, 9.17) is 9.47 Å². The minimum Gasteiger partial charge on any atom is -0.598 e. The van der Waals surface area contributed by atoms with E-state index in [1.807, 2.05) is 11.4 Å². The fraction of sp³-hybridized carbons (Fsp3) is 0.960. The quantitative estimate of drug-likeness (QED) is 0.0343. The Kier molecular flexibility index (Phi) is 43.6. The molecule has 0 spiro atoms. The first-order chi connectivity index (χ1) is 28.3. The van der Waals surface area contributed by atoms with Crippen LogP contribution in [0.15, 0.2) is 0 Å². The summed E-state index contributed by atoms with van der Waals surface area (Å²) in [5.74, 6) is 0.0187. The van der Waals surface area contributed by atoms with Gasteiger partial charge in [-0.2, -0.15) is 0 Å². The lowest BCUT2D eigenvalue weighted by Gasteiger charge is -2.24. The molecule has 7 nitrogen and oxygen atoms in total. The van der Waals surface area contributed by atoms with Gasteiger partial charge in [-0.25, -0.2) is 0 Å². The second-order valence-corrected chi connectivity index (χ2v) is 19.2. The Hall–Kier alpha value is -0.830. The molecule has 0 aliphatic heterocycles. The number of carbonyl (C=O) groups excluding carboxylic acids is 2. The predicted octanol–water partition coefficient (Wildman–Crippen LogP) is 14.5. The largest absolute Gasteiger partial charge is 0.598 e. The molecule has 0 N–H and O–H groups in total. The van der Waals surface area contributed by atoms with Gasteiger partial charge in [-0.1, -0.05) is 169 Å². The molecule has 0 heterocycles. The van der Waals surface area contributed by atoms with Crippen molar-refractivity contribution in [2.24, 2.45) is 0 Å². The molecular weight excluding hydrogens is 741 g/mol. The fourth-order valence-electron chi connectivity index (χ4n) is 8.04. The molecule has 346 valence electrons. The molecule has 8 heteroatoms. The van der Waals surface area contributed by atoms with Crippen molar-refractivity contribution < 1.29 is 23.6 Å². The highest BCUT2D eigenvalue weighted by Gasteiger charge is 2.16. The van der Waals surface area contributed by atoms with Crippen molar-refractivity contribution >= 4 is 23.3 Å². The zero-order valence-electron chi connectivity index (χ0n) is 39.8. The van der Waals surface area contributed by atoms with Crippen molar-refractivity contribution in [2.75, 3.05) is 39.5 Å². The van der Waals surface area contributed by atoms with Crippen LogP contribution in [0.3, 0.4) is 0 Å².